The Hall–Kier alpha value is -3.35. The van der Waals surface area contributed by atoms with Gasteiger partial charge in [-0.15, -0.1) is 0 Å². The van der Waals surface area contributed by atoms with Crippen LogP contribution < -0.4 is 10.6 Å². The third kappa shape index (κ3) is 8.50. The zero-order chi connectivity index (χ0) is 22.9. The molecule has 7 heteroatoms. The lowest BCUT2D eigenvalue weighted by Gasteiger charge is -2.26. The Morgan fingerprint density at radius 3 is 2.35 bits per heavy atom. The van der Waals surface area contributed by atoms with Crippen LogP contribution in [0.3, 0.4) is 0 Å². The Morgan fingerprint density at radius 2 is 1.71 bits per heavy atom. The molecule has 0 atom stereocenters. The minimum absolute atomic E-state index is 0.155. The summed E-state index contributed by atoms with van der Waals surface area (Å²) in [5.74, 6) is -0.415. The summed E-state index contributed by atoms with van der Waals surface area (Å²) in [6, 6.07) is 16.2. The van der Waals surface area contributed by atoms with Gasteiger partial charge in [-0.25, -0.2) is 4.79 Å². The van der Waals surface area contributed by atoms with Crippen LogP contribution in [0.15, 0.2) is 54.6 Å². The van der Waals surface area contributed by atoms with Crippen LogP contribution in [-0.2, 0) is 16.1 Å². The number of amides is 3. The minimum atomic E-state index is -0.559. The number of carbonyl (C=O) groups excluding carboxylic acids is 3. The summed E-state index contributed by atoms with van der Waals surface area (Å²) in [4.78, 5) is 38.2. The highest BCUT2D eigenvalue weighted by atomic mass is 16.6. The van der Waals surface area contributed by atoms with E-state index < -0.39 is 5.60 Å². The highest BCUT2D eigenvalue weighted by molar-refractivity contribution is 5.95. The fourth-order valence-electron chi connectivity index (χ4n) is 2.80. The quantitative estimate of drug-likeness (QED) is 0.663. The number of carbonyl (C=O) groups is 3. The number of hydrogen-bond donors (Lipinski definition) is 2. The van der Waals surface area contributed by atoms with Gasteiger partial charge in [0.25, 0.3) is 5.91 Å². The number of anilines is 1. The molecule has 0 aliphatic rings. The molecule has 31 heavy (non-hydrogen) atoms. The van der Waals surface area contributed by atoms with Gasteiger partial charge in [0.1, 0.15) is 5.60 Å². The highest BCUT2D eigenvalue weighted by Crippen LogP contribution is 2.16. The SMILES string of the molecule is CCN(Cc1cccc(NC(=O)CCNC(=O)c2ccccc2)c1)C(=O)OC(C)(C)C. The largest absolute Gasteiger partial charge is 0.444 e. The van der Waals surface area contributed by atoms with Crippen molar-refractivity contribution < 1.29 is 19.1 Å². The van der Waals surface area contributed by atoms with E-state index in [0.717, 1.165) is 5.56 Å². The number of benzene rings is 2. The Bertz CT molecular complexity index is 891. The van der Waals surface area contributed by atoms with Crippen LogP contribution in [0.25, 0.3) is 0 Å². The van der Waals surface area contributed by atoms with Crippen LogP contribution in [0.4, 0.5) is 10.5 Å². The topological polar surface area (TPSA) is 87.7 Å². The molecule has 3 amide bonds. The monoisotopic (exact) mass is 425 g/mol. The van der Waals surface area contributed by atoms with Crippen molar-refractivity contribution >= 4 is 23.6 Å². The number of ether oxygens (including phenoxy) is 1. The van der Waals surface area contributed by atoms with E-state index in [4.69, 9.17) is 4.74 Å². The first-order valence-electron chi connectivity index (χ1n) is 10.4. The van der Waals surface area contributed by atoms with Gasteiger partial charge in [-0.05, 0) is 57.5 Å². The molecular weight excluding hydrogens is 394 g/mol. The number of rotatable bonds is 8. The number of hydrogen-bond acceptors (Lipinski definition) is 4. The van der Waals surface area contributed by atoms with Gasteiger partial charge in [-0.1, -0.05) is 30.3 Å². The molecule has 0 aliphatic heterocycles. The van der Waals surface area contributed by atoms with Crippen molar-refractivity contribution in [2.45, 2.75) is 46.3 Å². The van der Waals surface area contributed by atoms with Gasteiger partial charge in [0.2, 0.25) is 5.91 Å². The van der Waals surface area contributed by atoms with Crippen molar-refractivity contribution in [2.75, 3.05) is 18.4 Å². The van der Waals surface area contributed by atoms with Gasteiger partial charge in [-0.3, -0.25) is 9.59 Å². The van der Waals surface area contributed by atoms with Crippen molar-refractivity contribution in [1.29, 1.82) is 0 Å². The van der Waals surface area contributed by atoms with E-state index in [1.165, 1.54) is 0 Å². The lowest BCUT2D eigenvalue weighted by atomic mass is 10.2. The average Bonchev–Trinajstić information content (AvgIpc) is 2.71. The number of nitrogens with zero attached hydrogens (tertiary/aromatic N) is 1. The molecule has 7 nitrogen and oxygen atoms in total. The molecule has 2 aromatic rings. The second-order valence-electron chi connectivity index (χ2n) is 8.11. The lowest BCUT2D eigenvalue weighted by molar-refractivity contribution is -0.116. The molecule has 2 aromatic carbocycles. The predicted octanol–water partition coefficient (Wildman–Crippen LogP) is 4.20. The van der Waals surface area contributed by atoms with Crippen molar-refractivity contribution in [3.63, 3.8) is 0 Å². The number of nitrogens with one attached hydrogen (secondary N) is 2. The molecule has 0 radical (unpaired) electrons. The van der Waals surface area contributed by atoms with E-state index in [0.29, 0.717) is 24.3 Å². The van der Waals surface area contributed by atoms with Gasteiger partial charge in [0, 0.05) is 37.3 Å². The Morgan fingerprint density at radius 1 is 1.00 bits per heavy atom. The fraction of sp³-hybridized carbons (Fsp3) is 0.375. The Labute approximate surface area is 183 Å². The predicted molar refractivity (Wildman–Crippen MR) is 121 cm³/mol. The van der Waals surface area contributed by atoms with E-state index >= 15 is 0 Å². The first-order valence-corrected chi connectivity index (χ1v) is 10.4. The van der Waals surface area contributed by atoms with Crippen LogP contribution in [0.5, 0.6) is 0 Å². The first kappa shape index (κ1) is 23.9. The zero-order valence-electron chi connectivity index (χ0n) is 18.6. The van der Waals surface area contributed by atoms with Crippen LogP contribution in [0.2, 0.25) is 0 Å². The molecule has 0 bridgehead atoms. The van der Waals surface area contributed by atoms with E-state index in [1.807, 2.05) is 52.0 Å². The summed E-state index contributed by atoms with van der Waals surface area (Å²) in [5, 5.41) is 5.56. The van der Waals surface area contributed by atoms with Crippen LogP contribution >= 0.6 is 0 Å². The molecule has 2 N–H and O–H groups in total. The Balaban J connectivity index is 1.86. The van der Waals surface area contributed by atoms with E-state index in [1.54, 1.807) is 35.2 Å². The maximum absolute atomic E-state index is 12.3. The summed E-state index contributed by atoms with van der Waals surface area (Å²) >= 11 is 0. The van der Waals surface area contributed by atoms with Gasteiger partial charge in [0.05, 0.1) is 0 Å². The maximum Gasteiger partial charge on any atom is 0.410 e. The summed E-state index contributed by atoms with van der Waals surface area (Å²) in [7, 11) is 0. The lowest BCUT2D eigenvalue weighted by Crippen LogP contribution is -2.36. The summed E-state index contributed by atoms with van der Waals surface area (Å²) in [5.41, 5.74) is 1.51. The summed E-state index contributed by atoms with van der Waals surface area (Å²) in [6.07, 6.45) is -0.222. The normalized spacial score (nSPS) is 10.8. The molecule has 0 saturated heterocycles. The molecule has 0 aromatic heterocycles. The molecule has 0 aliphatic carbocycles. The third-order valence-electron chi connectivity index (χ3n) is 4.29. The zero-order valence-corrected chi connectivity index (χ0v) is 18.6. The molecule has 0 heterocycles. The van der Waals surface area contributed by atoms with Gasteiger partial charge < -0.3 is 20.3 Å². The van der Waals surface area contributed by atoms with Gasteiger partial charge in [0.15, 0.2) is 0 Å². The van der Waals surface area contributed by atoms with Crippen molar-refractivity contribution in [1.82, 2.24) is 10.2 Å². The smallest absolute Gasteiger partial charge is 0.410 e. The van der Waals surface area contributed by atoms with E-state index in [9.17, 15) is 14.4 Å². The third-order valence-corrected chi connectivity index (χ3v) is 4.29. The molecule has 0 unspecified atom stereocenters. The van der Waals surface area contributed by atoms with Crippen molar-refractivity contribution in [3.05, 3.63) is 65.7 Å². The molecule has 166 valence electrons. The summed E-state index contributed by atoms with van der Waals surface area (Å²) in [6.45, 7) is 8.50. The Kier molecular flexibility index (Phi) is 8.61. The standard InChI is InChI=1S/C24H31N3O4/c1-5-27(23(30)31-24(2,3)4)17-18-10-9-13-20(16-18)26-21(28)14-15-25-22(29)19-11-7-6-8-12-19/h6-13,16H,5,14-15,17H2,1-4H3,(H,25,29)(H,26,28). The molecule has 2 rings (SSSR count). The summed E-state index contributed by atoms with van der Waals surface area (Å²) < 4.78 is 5.44. The van der Waals surface area contributed by atoms with Gasteiger partial charge >= 0.3 is 6.09 Å². The van der Waals surface area contributed by atoms with Crippen molar-refractivity contribution in [3.8, 4) is 0 Å². The molecule has 0 fully saturated rings. The molecule has 0 saturated carbocycles. The van der Waals surface area contributed by atoms with Crippen LogP contribution in [-0.4, -0.2) is 41.5 Å². The minimum Gasteiger partial charge on any atom is -0.444 e. The van der Waals surface area contributed by atoms with Crippen LogP contribution in [0, 0.1) is 0 Å². The maximum atomic E-state index is 12.3. The van der Waals surface area contributed by atoms with Crippen molar-refractivity contribution in [2.24, 2.45) is 0 Å². The second kappa shape index (κ2) is 11.2. The fourth-order valence-corrected chi connectivity index (χ4v) is 2.80. The second-order valence-corrected chi connectivity index (χ2v) is 8.11. The van der Waals surface area contributed by atoms with Crippen LogP contribution in [0.1, 0.15) is 50.0 Å². The van der Waals surface area contributed by atoms with E-state index in [-0.39, 0.29) is 30.9 Å². The average molecular weight is 426 g/mol. The van der Waals surface area contributed by atoms with E-state index in [2.05, 4.69) is 10.6 Å². The highest BCUT2D eigenvalue weighted by Gasteiger charge is 2.21. The molecule has 0 spiro atoms. The van der Waals surface area contributed by atoms with Gasteiger partial charge in [-0.2, -0.15) is 0 Å². The first-order chi connectivity index (χ1) is 14.7. The molecular formula is C24H31N3O4.